The first-order valence-corrected chi connectivity index (χ1v) is 6.19. The van der Waals surface area contributed by atoms with Crippen molar-refractivity contribution in [3.63, 3.8) is 0 Å². The Hall–Kier alpha value is -0.200. The summed E-state index contributed by atoms with van der Waals surface area (Å²) in [4.78, 5) is 0. The van der Waals surface area contributed by atoms with E-state index in [0.29, 0.717) is 18.3 Å². The molecule has 78 valence electrons. The van der Waals surface area contributed by atoms with Crippen LogP contribution in [0, 0.1) is 3.95 Å². The van der Waals surface area contributed by atoms with Crippen molar-refractivity contribution in [3.8, 4) is 5.69 Å². The van der Waals surface area contributed by atoms with Gasteiger partial charge in [0.2, 0.25) is 0 Å². The maximum Gasteiger partial charge on any atom is 0.0904 e. The van der Waals surface area contributed by atoms with Gasteiger partial charge in [-0.25, -0.2) is 4.68 Å². The van der Waals surface area contributed by atoms with Crippen molar-refractivity contribution >= 4 is 59.4 Å². The van der Waals surface area contributed by atoms with Crippen LogP contribution in [0.5, 0.6) is 0 Å². The second kappa shape index (κ2) is 4.35. The van der Waals surface area contributed by atoms with Crippen molar-refractivity contribution in [3.05, 3.63) is 32.2 Å². The Labute approximate surface area is 111 Å². The van der Waals surface area contributed by atoms with E-state index in [1.807, 2.05) is 0 Å². The van der Waals surface area contributed by atoms with Gasteiger partial charge in [0.05, 0.1) is 19.7 Å². The quantitative estimate of drug-likeness (QED) is 0.587. The zero-order valence-electron chi connectivity index (χ0n) is 7.11. The predicted molar refractivity (Wildman–Crippen MR) is 67.9 cm³/mol. The molecule has 0 fully saturated rings. The Bertz CT molecular complexity index is 561. The predicted octanol–water partition coefficient (Wildman–Crippen LogP) is 3.88. The fourth-order valence-electron chi connectivity index (χ4n) is 1.04. The Balaban J connectivity index is 2.59. The van der Waals surface area contributed by atoms with Crippen molar-refractivity contribution in [2.75, 3.05) is 0 Å². The van der Waals surface area contributed by atoms with Gasteiger partial charge in [-0.05, 0) is 22.5 Å². The number of halogens is 2. The van der Waals surface area contributed by atoms with Gasteiger partial charge in [0, 0.05) is 0 Å². The Morgan fingerprint density at radius 1 is 1.33 bits per heavy atom. The molecule has 0 saturated carbocycles. The Morgan fingerprint density at radius 2 is 2.07 bits per heavy atom. The average molecular weight is 294 g/mol. The van der Waals surface area contributed by atoms with E-state index >= 15 is 0 Å². The lowest BCUT2D eigenvalue weighted by Crippen LogP contribution is -1.96. The van der Waals surface area contributed by atoms with Gasteiger partial charge in [-0.2, -0.15) is 5.10 Å². The zero-order valence-corrected chi connectivity index (χ0v) is 11.1. The Kier molecular flexibility index (Phi) is 3.27. The number of hydrogen-bond donors (Lipinski definition) is 0. The summed E-state index contributed by atoms with van der Waals surface area (Å²) >= 11 is 23.0. The van der Waals surface area contributed by atoms with E-state index < -0.39 is 0 Å². The average Bonchev–Trinajstić information content (AvgIpc) is 2.50. The molecule has 0 aliphatic heterocycles. The molecule has 0 atom stereocenters. The van der Waals surface area contributed by atoms with E-state index in [-0.39, 0.29) is 0 Å². The molecule has 1 heterocycles. The second-order valence-electron chi connectivity index (χ2n) is 2.64. The molecule has 0 unspecified atom stereocenters. The minimum atomic E-state index is 0.468. The SMILES string of the molecule is S=c1sc([S-])nn1-c1ccc(Cl)c(Cl)c1. The lowest BCUT2D eigenvalue weighted by molar-refractivity contribution is 0.830. The summed E-state index contributed by atoms with van der Waals surface area (Å²) < 4.78 is 2.68. The monoisotopic (exact) mass is 293 g/mol. The number of hydrogen-bond acceptors (Lipinski definition) is 4. The fourth-order valence-corrected chi connectivity index (χ4v) is 2.70. The summed E-state index contributed by atoms with van der Waals surface area (Å²) in [5, 5.41) is 5.06. The summed E-state index contributed by atoms with van der Waals surface area (Å²) in [7, 11) is 0. The summed E-state index contributed by atoms with van der Waals surface area (Å²) in [6.07, 6.45) is 0. The topological polar surface area (TPSA) is 17.8 Å². The zero-order chi connectivity index (χ0) is 11.0. The highest BCUT2D eigenvalue weighted by atomic mass is 35.5. The third-order valence-electron chi connectivity index (χ3n) is 1.68. The highest BCUT2D eigenvalue weighted by Gasteiger charge is 2.02. The molecule has 15 heavy (non-hydrogen) atoms. The molecule has 2 nitrogen and oxygen atoms in total. The van der Waals surface area contributed by atoms with Crippen LogP contribution < -0.4 is 0 Å². The van der Waals surface area contributed by atoms with Crippen molar-refractivity contribution in [2.45, 2.75) is 4.34 Å². The molecule has 0 aliphatic carbocycles. The van der Waals surface area contributed by atoms with Gasteiger partial charge in [0.15, 0.2) is 0 Å². The van der Waals surface area contributed by atoms with Crippen LogP contribution in [0.4, 0.5) is 0 Å². The summed E-state index contributed by atoms with van der Waals surface area (Å²) in [5.74, 6) is 0. The van der Waals surface area contributed by atoms with E-state index in [9.17, 15) is 0 Å². The van der Waals surface area contributed by atoms with Gasteiger partial charge in [0.25, 0.3) is 0 Å². The molecule has 0 radical (unpaired) electrons. The van der Waals surface area contributed by atoms with Gasteiger partial charge in [-0.3, -0.25) is 0 Å². The van der Waals surface area contributed by atoms with Crippen molar-refractivity contribution < 1.29 is 0 Å². The number of nitrogens with zero attached hydrogens (tertiary/aromatic N) is 2. The van der Waals surface area contributed by atoms with Crippen LogP contribution in [0.15, 0.2) is 22.5 Å². The van der Waals surface area contributed by atoms with Crippen LogP contribution in [0.25, 0.3) is 5.69 Å². The Morgan fingerprint density at radius 3 is 2.60 bits per heavy atom. The van der Waals surface area contributed by atoms with E-state index in [2.05, 4.69) is 5.10 Å². The molecule has 1 aromatic heterocycles. The number of rotatable bonds is 1. The van der Waals surface area contributed by atoms with Crippen LogP contribution in [-0.4, -0.2) is 9.78 Å². The molecule has 0 N–H and O–H groups in total. The van der Waals surface area contributed by atoms with Gasteiger partial charge in [-0.1, -0.05) is 35.4 Å². The van der Waals surface area contributed by atoms with E-state index in [1.54, 1.807) is 22.9 Å². The standard InChI is InChI=1S/C8H4Cl2N2S3/c9-5-2-1-4(3-6(5)10)12-8(14)15-7(13)11-12/h1-3H,(H,11,13)/p-1. The molecule has 2 rings (SSSR count). The van der Waals surface area contributed by atoms with Crippen molar-refractivity contribution in [2.24, 2.45) is 0 Å². The third-order valence-corrected chi connectivity index (χ3v) is 3.77. The first kappa shape index (κ1) is 11.3. The van der Waals surface area contributed by atoms with Gasteiger partial charge in [0.1, 0.15) is 0 Å². The van der Waals surface area contributed by atoms with Crippen molar-refractivity contribution in [1.29, 1.82) is 0 Å². The summed E-state index contributed by atoms with van der Waals surface area (Å²) in [6, 6.07) is 5.19. The maximum atomic E-state index is 5.89. The second-order valence-corrected chi connectivity index (χ2v) is 5.73. The van der Waals surface area contributed by atoms with Gasteiger partial charge >= 0.3 is 0 Å². The van der Waals surface area contributed by atoms with Crippen LogP contribution >= 0.6 is 46.8 Å². The first-order valence-electron chi connectivity index (χ1n) is 3.80. The highest BCUT2D eigenvalue weighted by molar-refractivity contribution is 7.74. The summed E-state index contributed by atoms with van der Waals surface area (Å²) in [6.45, 7) is 0. The molecule has 2 aromatic rings. The van der Waals surface area contributed by atoms with Crippen LogP contribution in [-0.2, 0) is 12.6 Å². The van der Waals surface area contributed by atoms with Gasteiger partial charge < -0.3 is 24.0 Å². The molecular weight excluding hydrogens is 291 g/mol. The van der Waals surface area contributed by atoms with E-state index in [1.165, 1.54) is 11.3 Å². The minimum Gasteiger partial charge on any atom is -0.406 e. The fraction of sp³-hybridized carbons (Fsp3) is 0. The number of benzene rings is 1. The first-order chi connectivity index (χ1) is 7.08. The van der Waals surface area contributed by atoms with E-state index in [0.717, 1.165) is 5.69 Å². The molecule has 0 spiro atoms. The third kappa shape index (κ3) is 2.32. The maximum absolute atomic E-state index is 5.89. The van der Waals surface area contributed by atoms with Crippen LogP contribution in [0.2, 0.25) is 10.0 Å². The number of aromatic nitrogens is 2. The molecule has 1 aromatic carbocycles. The smallest absolute Gasteiger partial charge is 0.0904 e. The molecule has 7 heteroatoms. The molecule has 0 amide bonds. The van der Waals surface area contributed by atoms with Gasteiger partial charge in [-0.15, -0.1) is 0 Å². The molecular formula is C8H3Cl2N2S3-. The van der Waals surface area contributed by atoms with Crippen LogP contribution in [0.3, 0.4) is 0 Å². The molecule has 0 aliphatic rings. The molecule has 0 saturated heterocycles. The molecule has 0 bridgehead atoms. The highest BCUT2D eigenvalue weighted by Crippen LogP contribution is 2.25. The lowest BCUT2D eigenvalue weighted by Gasteiger charge is -2.03. The largest absolute Gasteiger partial charge is 0.406 e. The normalized spacial score (nSPS) is 10.5. The van der Waals surface area contributed by atoms with Crippen molar-refractivity contribution in [1.82, 2.24) is 9.78 Å². The van der Waals surface area contributed by atoms with Crippen LogP contribution in [0.1, 0.15) is 0 Å². The minimum absolute atomic E-state index is 0.468. The lowest BCUT2D eigenvalue weighted by atomic mass is 10.3. The van der Waals surface area contributed by atoms with E-state index in [4.69, 9.17) is 48.0 Å². The summed E-state index contributed by atoms with van der Waals surface area (Å²) in [5.41, 5.74) is 0.766.